The van der Waals surface area contributed by atoms with Gasteiger partial charge in [0.1, 0.15) is 0 Å². The fraction of sp³-hybridized carbons (Fsp3) is 0.160. The predicted molar refractivity (Wildman–Crippen MR) is 124 cm³/mol. The zero-order valence-electron chi connectivity index (χ0n) is 17.5. The lowest BCUT2D eigenvalue weighted by molar-refractivity contribution is -0.128. The average Bonchev–Trinajstić information content (AvgIpc) is 3.15. The van der Waals surface area contributed by atoms with Crippen LogP contribution in [0.1, 0.15) is 12.0 Å². The normalized spacial score (nSPS) is 15.3. The van der Waals surface area contributed by atoms with Crippen LogP contribution >= 0.6 is 0 Å². The van der Waals surface area contributed by atoms with Crippen molar-refractivity contribution in [2.24, 2.45) is 5.92 Å². The maximum atomic E-state index is 12.7. The first-order valence-electron chi connectivity index (χ1n) is 10.4. The van der Waals surface area contributed by atoms with E-state index in [4.69, 9.17) is 0 Å². The minimum Gasteiger partial charge on any atom is -0.338 e. The smallest absolute Gasteiger partial charge is 0.323 e. The van der Waals surface area contributed by atoms with Crippen LogP contribution in [0.2, 0.25) is 0 Å². The van der Waals surface area contributed by atoms with Crippen LogP contribution in [0, 0.1) is 5.92 Å². The molecule has 0 bridgehead atoms. The highest BCUT2D eigenvalue weighted by Crippen LogP contribution is 2.23. The van der Waals surface area contributed by atoms with Crippen LogP contribution < -0.4 is 16.0 Å². The molecule has 1 heterocycles. The number of para-hydroxylation sites is 1. The van der Waals surface area contributed by atoms with Crippen LogP contribution in [0.3, 0.4) is 0 Å². The van der Waals surface area contributed by atoms with Gasteiger partial charge in [-0.3, -0.25) is 9.59 Å². The molecule has 0 aromatic heterocycles. The number of nitrogens with one attached hydrogen (secondary N) is 3. The molecule has 1 atom stereocenters. The molecular formula is C25H24N4O3. The summed E-state index contributed by atoms with van der Waals surface area (Å²) in [6.45, 7) is 0.885. The van der Waals surface area contributed by atoms with E-state index < -0.39 is 5.92 Å². The van der Waals surface area contributed by atoms with Gasteiger partial charge in [-0.1, -0.05) is 54.6 Å². The van der Waals surface area contributed by atoms with Gasteiger partial charge in [0.25, 0.3) is 0 Å². The lowest BCUT2D eigenvalue weighted by Gasteiger charge is -2.17. The molecule has 3 N–H and O–H groups in total. The van der Waals surface area contributed by atoms with Gasteiger partial charge in [0.2, 0.25) is 11.8 Å². The molecule has 7 heteroatoms. The van der Waals surface area contributed by atoms with Crippen molar-refractivity contribution in [1.82, 2.24) is 4.90 Å². The molecule has 1 fully saturated rings. The number of anilines is 3. The topological polar surface area (TPSA) is 90.5 Å². The molecule has 3 aromatic rings. The first-order valence-corrected chi connectivity index (χ1v) is 10.4. The number of hydrogen-bond donors (Lipinski definition) is 3. The van der Waals surface area contributed by atoms with E-state index in [-0.39, 0.29) is 24.3 Å². The van der Waals surface area contributed by atoms with Crippen molar-refractivity contribution in [3.63, 3.8) is 0 Å². The van der Waals surface area contributed by atoms with Crippen LogP contribution in [0.4, 0.5) is 21.9 Å². The van der Waals surface area contributed by atoms with Gasteiger partial charge in [-0.05, 0) is 35.9 Å². The Labute approximate surface area is 186 Å². The summed E-state index contributed by atoms with van der Waals surface area (Å²) in [5, 5.41) is 8.36. The highest BCUT2D eigenvalue weighted by atomic mass is 16.2. The van der Waals surface area contributed by atoms with Gasteiger partial charge in [-0.2, -0.15) is 0 Å². The Balaban J connectivity index is 1.32. The van der Waals surface area contributed by atoms with Crippen molar-refractivity contribution in [3.05, 3.63) is 90.5 Å². The van der Waals surface area contributed by atoms with E-state index in [9.17, 15) is 14.4 Å². The minimum absolute atomic E-state index is 0.0259. The number of carbonyl (C=O) groups excluding carboxylic acids is 3. The number of nitrogens with zero attached hydrogens (tertiary/aromatic N) is 1. The van der Waals surface area contributed by atoms with Gasteiger partial charge in [0.05, 0.1) is 5.92 Å². The number of benzene rings is 3. The molecule has 1 aliphatic heterocycles. The molecule has 7 nitrogen and oxygen atoms in total. The van der Waals surface area contributed by atoms with Gasteiger partial charge in [-0.25, -0.2) is 4.79 Å². The van der Waals surface area contributed by atoms with E-state index >= 15 is 0 Å². The van der Waals surface area contributed by atoms with E-state index in [0.717, 1.165) is 5.56 Å². The van der Waals surface area contributed by atoms with Crippen molar-refractivity contribution >= 4 is 34.9 Å². The molecule has 0 aliphatic carbocycles. The summed E-state index contributed by atoms with van der Waals surface area (Å²) in [7, 11) is 0. The molecule has 4 rings (SSSR count). The Kier molecular flexibility index (Phi) is 6.46. The average molecular weight is 428 g/mol. The zero-order valence-corrected chi connectivity index (χ0v) is 17.5. The first-order chi connectivity index (χ1) is 15.6. The third-order valence-electron chi connectivity index (χ3n) is 5.22. The number of hydrogen-bond acceptors (Lipinski definition) is 3. The highest BCUT2D eigenvalue weighted by molar-refractivity contribution is 6.01. The van der Waals surface area contributed by atoms with Crippen molar-refractivity contribution in [2.45, 2.75) is 13.0 Å². The van der Waals surface area contributed by atoms with Crippen LogP contribution in [0.5, 0.6) is 0 Å². The lowest BCUT2D eigenvalue weighted by atomic mass is 10.1. The number of rotatable bonds is 6. The van der Waals surface area contributed by atoms with E-state index in [1.54, 1.807) is 41.3 Å². The maximum absolute atomic E-state index is 12.7. The summed E-state index contributed by atoms with van der Waals surface area (Å²) in [6.07, 6.45) is 0.191. The minimum atomic E-state index is -0.413. The zero-order chi connectivity index (χ0) is 22.3. The Morgan fingerprint density at radius 2 is 1.38 bits per heavy atom. The lowest BCUT2D eigenvalue weighted by Crippen LogP contribution is -2.28. The number of likely N-dealkylation sites (tertiary alicyclic amines) is 1. The second kappa shape index (κ2) is 9.78. The molecular weight excluding hydrogens is 404 g/mol. The van der Waals surface area contributed by atoms with E-state index in [2.05, 4.69) is 16.0 Å². The highest BCUT2D eigenvalue weighted by Gasteiger charge is 2.34. The summed E-state index contributed by atoms with van der Waals surface area (Å²) < 4.78 is 0. The molecule has 3 aromatic carbocycles. The van der Waals surface area contributed by atoms with Crippen molar-refractivity contribution in [3.8, 4) is 0 Å². The molecule has 1 aliphatic rings. The molecule has 0 saturated carbocycles. The van der Waals surface area contributed by atoms with Crippen molar-refractivity contribution in [2.75, 3.05) is 22.5 Å². The summed E-state index contributed by atoms with van der Waals surface area (Å²) in [6, 6.07) is 25.4. The van der Waals surface area contributed by atoms with Gasteiger partial charge in [0, 0.05) is 36.6 Å². The molecule has 4 amide bonds. The third-order valence-corrected chi connectivity index (χ3v) is 5.22. The summed E-state index contributed by atoms with van der Waals surface area (Å²) >= 11 is 0. The molecule has 0 spiro atoms. The van der Waals surface area contributed by atoms with Gasteiger partial charge in [0.15, 0.2) is 0 Å². The van der Waals surface area contributed by atoms with E-state index in [0.29, 0.717) is 30.2 Å². The Morgan fingerprint density at radius 3 is 2.09 bits per heavy atom. The Bertz CT molecular complexity index is 1100. The first kappa shape index (κ1) is 21.1. The van der Waals surface area contributed by atoms with Gasteiger partial charge >= 0.3 is 6.03 Å². The van der Waals surface area contributed by atoms with Crippen LogP contribution in [0.25, 0.3) is 0 Å². The number of carbonyl (C=O) groups is 3. The van der Waals surface area contributed by atoms with E-state index in [1.807, 2.05) is 48.5 Å². The maximum Gasteiger partial charge on any atom is 0.323 e. The summed E-state index contributed by atoms with van der Waals surface area (Å²) in [5.41, 5.74) is 2.82. The summed E-state index contributed by atoms with van der Waals surface area (Å²) in [5.74, 6) is -0.647. The predicted octanol–water partition coefficient (Wildman–Crippen LogP) is 4.32. The summed E-state index contributed by atoms with van der Waals surface area (Å²) in [4.78, 5) is 39.0. The Hall–Kier alpha value is -4.13. The standard InChI is InChI=1S/C25H24N4O3/c30-23-14-19(17-29(23)16-18-8-3-1-4-9-18)24(31)26-21-12-7-13-22(15-21)28-25(32)27-20-10-5-2-6-11-20/h1-13,15,19H,14,16-17H2,(H,26,31)(H2,27,28,32)/t19-/m0/s1. The Morgan fingerprint density at radius 1 is 0.781 bits per heavy atom. The molecule has 0 radical (unpaired) electrons. The fourth-order valence-electron chi connectivity index (χ4n) is 3.64. The molecule has 0 unspecified atom stereocenters. The molecule has 32 heavy (non-hydrogen) atoms. The van der Waals surface area contributed by atoms with Crippen LogP contribution in [0.15, 0.2) is 84.9 Å². The molecule has 162 valence electrons. The van der Waals surface area contributed by atoms with E-state index in [1.165, 1.54) is 0 Å². The molecule has 1 saturated heterocycles. The largest absolute Gasteiger partial charge is 0.338 e. The van der Waals surface area contributed by atoms with Crippen molar-refractivity contribution in [1.29, 1.82) is 0 Å². The third kappa shape index (κ3) is 5.51. The van der Waals surface area contributed by atoms with Crippen LogP contribution in [-0.2, 0) is 16.1 Å². The second-order valence-electron chi connectivity index (χ2n) is 7.68. The van der Waals surface area contributed by atoms with Gasteiger partial charge in [-0.15, -0.1) is 0 Å². The van der Waals surface area contributed by atoms with Crippen LogP contribution in [-0.4, -0.2) is 29.3 Å². The monoisotopic (exact) mass is 428 g/mol. The fourth-order valence-corrected chi connectivity index (χ4v) is 3.64. The quantitative estimate of drug-likeness (QED) is 0.546. The van der Waals surface area contributed by atoms with Gasteiger partial charge < -0.3 is 20.9 Å². The second-order valence-corrected chi connectivity index (χ2v) is 7.68. The number of urea groups is 1. The van der Waals surface area contributed by atoms with Crippen molar-refractivity contribution < 1.29 is 14.4 Å². The number of amides is 4. The SMILES string of the molecule is O=C(Nc1ccccc1)Nc1cccc(NC(=O)[C@H]2CC(=O)N(Cc3ccccc3)C2)c1.